The first-order valence-corrected chi connectivity index (χ1v) is 2.63. The summed E-state index contributed by atoms with van der Waals surface area (Å²) in [6, 6.07) is 0. The highest BCUT2D eigenvalue weighted by Crippen LogP contribution is 1.96. The quantitative estimate of drug-likeness (QED) is 0.529. The van der Waals surface area contributed by atoms with Gasteiger partial charge in [-0.05, 0) is 13.8 Å². The molecule has 0 saturated heterocycles. The molecule has 0 bridgehead atoms. The van der Waals surface area contributed by atoms with Gasteiger partial charge in [-0.3, -0.25) is 0 Å². The van der Waals surface area contributed by atoms with Crippen LogP contribution in [-0.2, 0) is 4.79 Å². The fraction of sp³-hybridized carbons (Fsp3) is 0.500. The maximum atomic E-state index is 9.90. The van der Waals surface area contributed by atoms with Crippen LogP contribution >= 0.6 is 0 Å². The van der Waals surface area contributed by atoms with Gasteiger partial charge in [0.25, 0.3) is 0 Å². The van der Waals surface area contributed by atoms with Gasteiger partial charge in [0, 0.05) is 11.6 Å². The molecule has 0 saturated carbocycles. The smallest absolute Gasteiger partial charge is 0.328 e. The predicted octanol–water partition coefficient (Wildman–Crippen LogP) is 0.365. The molecule has 3 heteroatoms. The van der Waals surface area contributed by atoms with Gasteiger partial charge in [0.1, 0.15) is 0 Å². The zero-order chi connectivity index (χ0) is 7.49. The lowest BCUT2D eigenvalue weighted by Crippen LogP contribution is -2.28. The van der Waals surface area contributed by atoms with Gasteiger partial charge in [0.05, 0.1) is 0 Å². The summed E-state index contributed by atoms with van der Waals surface area (Å²) in [6.45, 7) is 3.46. The number of carbonyl (C=O) groups is 1. The van der Waals surface area contributed by atoms with Crippen molar-refractivity contribution in [1.82, 2.24) is 0 Å². The summed E-state index contributed by atoms with van der Waals surface area (Å²) in [5.41, 5.74) is 4.90. The molecule has 3 N–H and O–H groups in total. The van der Waals surface area contributed by atoms with Crippen molar-refractivity contribution < 1.29 is 9.90 Å². The van der Waals surface area contributed by atoms with Crippen LogP contribution in [-0.4, -0.2) is 16.6 Å². The van der Waals surface area contributed by atoms with E-state index in [1.807, 2.05) is 0 Å². The zero-order valence-electron chi connectivity index (χ0n) is 5.59. The van der Waals surface area contributed by atoms with Crippen molar-refractivity contribution >= 4 is 5.97 Å². The first kappa shape index (κ1) is 8.17. The van der Waals surface area contributed by atoms with Crippen LogP contribution in [0.3, 0.4) is 0 Å². The second-order valence-corrected chi connectivity index (χ2v) is 2.49. The van der Waals surface area contributed by atoms with Gasteiger partial charge >= 0.3 is 5.97 Å². The molecular weight excluding hydrogens is 118 g/mol. The highest BCUT2D eigenvalue weighted by atomic mass is 16.4. The summed E-state index contributed by atoms with van der Waals surface area (Å²) in [6.07, 6.45) is 2.48. The Morgan fingerprint density at radius 2 is 2.11 bits per heavy atom. The number of carboxylic acid groups (broad SMARTS) is 1. The minimum Gasteiger partial charge on any atom is -0.478 e. The molecule has 0 aliphatic heterocycles. The summed E-state index contributed by atoms with van der Waals surface area (Å²) in [4.78, 5) is 9.90. The Bertz CT molecular complexity index is 132. The van der Waals surface area contributed by atoms with Crippen LogP contribution in [0.25, 0.3) is 0 Å². The third-order valence-electron chi connectivity index (χ3n) is 0.655. The molecule has 0 aromatic carbocycles. The Balaban J connectivity index is 3.86. The topological polar surface area (TPSA) is 63.3 Å². The molecule has 0 aromatic heterocycles. The van der Waals surface area contributed by atoms with Crippen LogP contribution in [0.5, 0.6) is 0 Å². The average Bonchev–Trinajstić information content (AvgIpc) is 1.59. The van der Waals surface area contributed by atoms with Crippen molar-refractivity contribution in [3.8, 4) is 0 Å². The van der Waals surface area contributed by atoms with Gasteiger partial charge in [-0.15, -0.1) is 0 Å². The minimum atomic E-state index is -0.964. The van der Waals surface area contributed by atoms with Crippen molar-refractivity contribution in [2.45, 2.75) is 19.4 Å². The number of aliphatic carboxylic acids is 1. The second kappa shape index (κ2) is 2.64. The molecule has 0 atom stereocenters. The van der Waals surface area contributed by atoms with Crippen LogP contribution in [0, 0.1) is 0 Å². The van der Waals surface area contributed by atoms with E-state index in [1.54, 1.807) is 13.8 Å². The van der Waals surface area contributed by atoms with E-state index in [4.69, 9.17) is 10.8 Å². The lowest BCUT2D eigenvalue weighted by atomic mass is 10.1. The lowest BCUT2D eigenvalue weighted by Gasteiger charge is -2.10. The molecule has 0 aliphatic carbocycles. The number of carboxylic acids is 1. The fourth-order valence-corrected chi connectivity index (χ4v) is 0.286. The Morgan fingerprint density at radius 1 is 1.67 bits per heavy atom. The summed E-state index contributed by atoms with van der Waals surface area (Å²) in [5, 5.41) is 8.13. The average molecular weight is 129 g/mol. The summed E-state index contributed by atoms with van der Waals surface area (Å²) in [5.74, 6) is -0.964. The van der Waals surface area contributed by atoms with E-state index in [0.717, 1.165) is 6.08 Å². The molecule has 0 fully saturated rings. The Hall–Kier alpha value is -0.830. The highest BCUT2D eigenvalue weighted by Gasteiger charge is 2.03. The van der Waals surface area contributed by atoms with Crippen LogP contribution in [0.1, 0.15) is 13.8 Å². The molecule has 0 rings (SSSR count). The molecule has 0 heterocycles. The van der Waals surface area contributed by atoms with Gasteiger partial charge in [-0.25, -0.2) is 4.79 Å². The van der Waals surface area contributed by atoms with Crippen molar-refractivity contribution in [1.29, 1.82) is 0 Å². The van der Waals surface area contributed by atoms with Gasteiger partial charge < -0.3 is 10.8 Å². The van der Waals surface area contributed by atoms with E-state index in [1.165, 1.54) is 6.08 Å². The standard InChI is InChI=1S/C6H11NO2/c1-6(2,7)4-3-5(8)9/h3-4H,7H2,1-2H3,(H,8,9). The van der Waals surface area contributed by atoms with E-state index < -0.39 is 11.5 Å². The molecule has 0 radical (unpaired) electrons. The Labute approximate surface area is 54.2 Å². The molecule has 52 valence electrons. The molecule has 0 spiro atoms. The number of nitrogens with two attached hydrogens (primary N) is 1. The largest absolute Gasteiger partial charge is 0.478 e. The monoisotopic (exact) mass is 129 g/mol. The minimum absolute atomic E-state index is 0.529. The highest BCUT2D eigenvalue weighted by molar-refractivity contribution is 5.79. The van der Waals surface area contributed by atoms with E-state index in [0.29, 0.717) is 0 Å². The first-order chi connectivity index (χ1) is 3.92. The molecule has 0 aliphatic rings. The van der Waals surface area contributed by atoms with Crippen LogP contribution in [0.4, 0.5) is 0 Å². The number of rotatable bonds is 2. The second-order valence-electron chi connectivity index (χ2n) is 2.49. The number of hydrogen-bond donors (Lipinski definition) is 2. The summed E-state index contributed by atoms with van der Waals surface area (Å²) >= 11 is 0. The van der Waals surface area contributed by atoms with E-state index in [2.05, 4.69) is 0 Å². The third kappa shape index (κ3) is 7.17. The normalized spacial score (nSPS) is 12.3. The van der Waals surface area contributed by atoms with Crippen molar-refractivity contribution in [2.24, 2.45) is 5.73 Å². The third-order valence-corrected chi connectivity index (χ3v) is 0.655. The molecule has 9 heavy (non-hydrogen) atoms. The van der Waals surface area contributed by atoms with Crippen molar-refractivity contribution in [3.63, 3.8) is 0 Å². The maximum Gasteiger partial charge on any atom is 0.328 e. The van der Waals surface area contributed by atoms with Crippen LogP contribution in [0.15, 0.2) is 12.2 Å². The summed E-state index contributed by atoms with van der Waals surface area (Å²) < 4.78 is 0. The van der Waals surface area contributed by atoms with E-state index >= 15 is 0 Å². The molecular formula is C6H11NO2. The van der Waals surface area contributed by atoms with E-state index in [-0.39, 0.29) is 0 Å². The summed E-state index contributed by atoms with van der Waals surface area (Å²) in [7, 11) is 0. The maximum absolute atomic E-state index is 9.90. The van der Waals surface area contributed by atoms with Gasteiger partial charge in [-0.1, -0.05) is 6.08 Å². The lowest BCUT2D eigenvalue weighted by molar-refractivity contribution is -0.131. The zero-order valence-corrected chi connectivity index (χ0v) is 5.59. The molecule has 0 aromatic rings. The molecule has 0 unspecified atom stereocenters. The van der Waals surface area contributed by atoms with Gasteiger partial charge in [0.15, 0.2) is 0 Å². The SMILES string of the molecule is CC(C)(N)C=CC(=O)O. The van der Waals surface area contributed by atoms with Crippen molar-refractivity contribution in [3.05, 3.63) is 12.2 Å². The fourth-order valence-electron chi connectivity index (χ4n) is 0.286. The first-order valence-electron chi connectivity index (χ1n) is 2.63. The van der Waals surface area contributed by atoms with Crippen molar-refractivity contribution in [2.75, 3.05) is 0 Å². The van der Waals surface area contributed by atoms with Gasteiger partial charge in [0.2, 0.25) is 0 Å². The predicted molar refractivity (Wildman–Crippen MR) is 35.0 cm³/mol. The Morgan fingerprint density at radius 3 is 2.22 bits per heavy atom. The molecule has 3 nitrogen and oxygen atoms in total. The van der Waals surface area contributed by atoms with Crippen LogP contribution in [0.2, 0.25) is 0 Å². The Kier molecular flexibility index (Phi) is 2.40. The van der Waals surface area contributed by atoms with Crippen LogP contribution < -0.4 is 5.73 Å². The number of hydrogen-bond acceptors (Lipinski definition) is 2. The van der Waals surface area contributed by atoms with E-state index in [9.17, 15) is 4.79 Å². The van der Waals surface area contributed by atoms with Gasteiger partial charge in [-0.2, -0.15) is 0 Å². The molecule has 0 amide bonds.